The van der Waals surface area contributed by atoms with E-state index in [1.807, 2.05) is 25.1 Å². The van der Waals surface area contributed by atoms with Gasteiger partial charge in [0.05, 0.1) is 17.6 Å². The van der Waals surface area contributed by atoms with Crippen LogP contribution in [0.25, 0.3) is 11.0 Å². The summed E-state index contributed by atoms with van der Waals surface area (Å²) in [6.07, 6.45) is 3.74. The Bertz CT molecular complexity index is 741. The van der Waals surface area contributed by atoms with E-state index in [4.69, 9.17) is 4.74 Å². The van der Waals surface area contributed by atoms with E-state index < -0.39 is 6.09 Å². The predicted molar refractivity (Wildman–Crippen MR) is 88.9 cm³/mol. The SMILES string of the molecule is CCn1c(=O)n(C(=O)OCCC2CCCCN2)c2ccccc21. The highest BCUT2D eigenvalue weighted by atomic mass is 16.5. The number of aryl methyl sites for hydroxylation is 1. The highest BCUT2D eigenvalue weighted by Crippen LogP contribution is 2.14. The number of hydrogen-bond donors (Lipinski definition) is 1. The maximum absolute atomic E-state index is 12.4. The summed E-state index contributed by atoms with van der Waals surface area (Å²) in [6.45, 7) is 3.76. The summed E-state index contributed by atoms with van der Waals surface area (Å²) in [5, 5.41) is 3.42. The number of ether oxygens (including phenoxy) is 1. The van der Waals surface area contributed by atoms with Crippen molar-refractivity contribution in [2.45, 2.75) is 45.2 Å². The Morgan fingerprint density at radius 2 is 2.09 bits per heavy atom. The minimum absolute atomic E-state index is 0.328. The maximum Gasteiger partial charge on any atom is 0.422 e. The Labute approximate surface area is 135 Å². The summed E-state index contributed by atoms with van der Waals surface area (Å²) in [6, 6.07) is 7.70. The number of aromatic nitrogens is 2. The van der Waals surface area contributed by atoms with Crippen LogP contribution in [-0.2, 0) is 11.3 Å². The molecule has 1 N–H and O–H groups in total. The van der Waals surface area contributed by atoms with Gasteiger partial charge in [0.2, 0.25) is 0 Å². The van der Waals surface area contributed by atoms with Crippen LogP contribution in [0.15, 0.2) is 29.1 Å². The number of nitrogens with one attached hydrogen (secondary N) is 1. The molecule has 3 rings (SSSR count). The van der Waals surface area contributed by atoms with Gasteiger partial charge in [-0.05, 0) is 44.9 Å². The van der Waals surface area contributed by atoms with E-state index in [-0.39, 0.29) is 5.69 Å². The second-order valence-electron chi connectivity index (χ2n) is 5.90. The first-order valence-electron chi connectivity index (χ1n) is 8.33. The van der Waals surface area contributed by atoms with Crippen molar-refractivity contribution in [2.75, 3.05) is 13.2 Å². The molecule has 1 aromatic carbocycles. The van der Waals surface area contributed by atoms with E-state index in [1.54, 1.807) is 10.6 Å². The molecule has 1 fully saturated rings. The summed E-state index contributed by atoms with van der Waals surface area (Å²) in [5.41, 5.74) is 1.01. The first-order valence-corrected chi connectivity index (χ1v) is 8.33. The molecule has 0 amide bonds. The fourth-order valence-electron chi connectivity index (χ4n) is 3.21. The molecule has 1 aromatic heterocycles. The maximum atomic E-state index is 12.4. The van der Waals surface area contributed by atoms with Crippen LogP contribution in [0.4, 0.5) is 4.79 Å². The summed E-state index contributed by atoms with van der Waals surface area (Å²) in [5.74, 6) is 0. The van der Waals surface area contributed by atoms with E-state index in [1.165, 1.54) is 12.8 Å². The van der Waals surface area contributed by atoms with E-state index in [9.17, 15) is 9.59 Å². The third-order valence-corrected chi connectivity index (χ3v) is 4.44. The Morgan fingerprint density at radius 1 is 1.30 bits per heavy atom. The topological polar surface area (TPSA) is 65.3 Å². The van der Waals surface area contributed by atoms with Crippen molar-refractivity contribution in [3.63, 3.8) is 0 Å². The zero-order valence-electron chi connectivity index (χ0n) is 13.5. The number of rotatable bonds is 4. The van der Waals surface area contributed by atoms with Gasteiger partial charge in [0.25, 0.3) is 0 Å². The molecule has 2 heterocycles. The molecule has 1 saturated heterocycles. The molecule has 1 aliphatic heterocycles. The minimum atomic E-state index is -0.589. The number of nitrogens with zero attached hydrogens (tertiary/aromatic N) is 2. The molecular weight excluding hydrogens is 294 g/mol. The molecule has 0 saturated carbocycles. The standard InChI is InChI=1S/C17H23N3O3/c1-2-19-14-8-3-4-9-15(14)20(16(19)21)17(22)23-12-10-13-7-5-6-11-18-13/h3-4,8-9,13,18H,2,5-7,10-12H2,1H3. The summed E-state index contributed by atoms with van der Waals surface area (Å²) >= 11 is 0. The molecule has 124 valence electrons. The molecule has 1 unspecified atom stereocenters. The molecule has 0 aliphatic carbocycles. The average molecular weight is 317 g/mol. The van der Waals surface area contributed by atoms with Gasteiger partial charge in [-0.3, -0.25) is 4.57 Å². The summed E-state index contributed by atoms with van der Waals surface area (Å²) in [7, 11) is 0. The lowest BCUT2D eigenvalue weighted by Crippen LogP contribution is -2.35. The van der Waals surface area contributed by atoms with Gasteiger partial charge in [-0.15, -0.1) is 0 Å². The zero-order valence-corrected chi connectivity index (χ0v) is 13.5. The number of carbonyl (C=O) groups excluding carboxylic acids is 1. The Hall–Kier alpha value is -2.08. The molecule has 1 aliphatic rings. The second kappa shape index (κ2) is 7.00. The Kier molecular flexibility index (Phi) is 4.81. The minimum Gasteiger partial charge on any atom is -0.449 e. The normalized spacial score (nSPS) is 18.2. The second-order valence-corrected chi connectivity index (χ2v) is 5.90. The van der Waals surface area contributed by atoms with Crippen molar-refractivity contribution in [3.05, 3.63) is 34.7 Å². The number of benzene rings is 1. The van der Waals surface area contributed by atoms with Gasteiger partial charge < -0.3 is 10.1 Å². The largest absolute Gasteiger partial charge is 0.449 e. The highest BCUT2D eigenvalue weighted by Gasteiger charge is 2.19. The lowest BCUT2D eigenvalue weighted by molar-refractivity contribution is 0.140. The third kappa shape index (κ3) is 3.17. The van der Waals surface area contributed by atoms with Gasteiger partial charge in [0.15, 0.2) is 0 Å². The number of fused-ring (bicyclic) bond motifs is 1. The fourth-order valence-corrected chi connectivity index (χ4v) is 3.21. The van der Waals surface area contributed by atoms with E-state index in [2.05, 4.69) is 5.32 Å². The monoisotopic (exact) mass is 317 g/mol. The van der Waals surface area contributed by atoms with Crippen molar-refractivity contribution in [1.29, 1.82) is 0 Å². The number of imidazole rings is 1. The number of piperidine rings is 1. The van der Waals surface area contributed by atoms with Crippen LogP contribution in [0.1, 0.15) is 32.6 Å². The molecule has 0 spiro atoms. The first kappa shape index (κ1) is 15.8. The van der Waals surface area contributed by atoms with Gasteiger partial charge >= 0.3 is 11.8 Å². The summed E-state index contributed by atoms with van der Waals surface area (Å²) in [4.78, 5) is 24.8. The van der Waals surface area contributed by atoms with E-state index >= 15 is 0 Å². The van der Waals surface area contributed by atoms with Gasteiger partial charge in [-0.25, -0.2) is 9.59 Å². The van der Waals surface area contributed by atoms with Crippen molar-refractivity contribution in [3.8, 4) is 0 Å². The van der Waals surface area contributed by atoms with Crippen LogP contribution in [0.5, 0.6) is 0 Å². The summed E-state index contributed by atoms with van der Waals surface area (Å²) < 4.78 is 8.06. The van der Waals surface area contributed by atoms with E-state index in [0.29, 0.717) is 24.7 Å². The highest BCUT2D eigenvalue weighted by molar-refractivity contribution is 5.86. The Balaban J connectivity index is 1.73. The van der Waals surface area contributed by atoms with Crippen LogP contribution >= 0.6 is 0 Å². The predicted octanol–water partition coefficient (Wildman–Crippen LogP) is 2.34. The van der Waals surface area contributed by atoms with Gasteiger partial charge in [-0.2, -0.15) is 4.57 Å². The number of para-hydroxylation sites is 2. The zero-order chi connectivity index (χ0) is 16.2. The lowest BCUT2D eigenvalue weighted by atomic mass is 10.0. The van der Waals surface area contributed by atoms with Crippen molar-refractivity contribution in [1.82, 2.24) is 14.5 Å². The van der Waals surface area contributed by atoms with Crippen LogP contribution in [0.3, 0.4) is 0 Å². The molecular formula is C17H23N3O3. The van der Waals surface area contributed by atoms with Crippen molar-refractivity contribution >= 4 is 17.1 Å². The first-order chi connectivity index (χ1) is 11.2. The molecule has 0 radical (unpaired) electrons. The molecule has 1 atom stereocenters. The van der Waals surface area contributed by atoms with Gasteiger partial charge in [-0.1, -0.05) is 18.6 Å². The van der Waals surface area contributed by atoms with Crippen LogP contribution < -0.4 is 11.0 Å². The van der Waals surface area contributed by atoms with Crippen LogP contribution in [0, 0.1) is 0 Å². The van der Waals surface area contributed by atoms with Crippen molar-refractivity contribution < 1.29 is 9.53 Å². The Morgan fingerprint density at radius 3 is 2.78 bits per heavy atom. The third-order valence-electron chi connectivity index (χ3n) is 4.44. The van der Waals surface area contributed by atoms with Gasteiger partial charge in [0.1, 0.15) is 0 Å². The van der Waals surface area contributed by atoms with Gasteiger partial charge in [0, 0.05) is 12.6 Å². The lowest BCUT2D eigenvalue weighted by Gasteiger charge is -2.23. The number of hydrogen-bond acceptors (Lipinski definition) is 4. The molecule has 6 nitrogen and oxygen atoms in total. The fraction of sp³-hybridized carbons (Fsp3) is 0.529. The smallest absolute Gasteiger partial charge is 0.422 e. The van der Waals surface area contributed by atoms with Crippen LogP contribution in [-0.4, -0.2) is 34.4 Å². The van der Waals surface area contributed by atoms with Crippen molar-refractivity contribution in [2.24, 2.45) is 0 Å². The van der Waals surface area contributed by atoms with E-state index in [0.717, 1.165) is 29.5 Å². The molecule has 23 heavy (non-hydrogen) atoms. The van der Waals surface area contributed by atoms with Crippen LogP contribution in [0.2, 0.25) is 0 Å². The quantitative estimate of drug-likeness (QED) is 0.940. The number of carbonyl (C=O) groups is 1. The molecule has 0 bridgehead atoms. The average Bonchev–Trinajstić information content (AvgIpc) is 2.87. The molecule has 2 aromatic rings. The molecule has 6 heteroatoms.